The zero-order valence-electron chi connectivity index (χ0n) is 13.6. The molecule has 1 rings (SSSR count). The van der Waals surface area contributed by atoms with Crippen molar-refractivity contribution in [1.29, 1.82) is 0 Å². The second-order valence-corrected chi connectivity index (χ2v) is 6.69. The molecule has 0 saturated heterocycles. The Morgan fingerprint density at radius 1 is 1.32 bits per heavy atom. The number of hydrogen-bond acceptors (Lipinski definition) is 4. The molecule has 0 fully saturated rings. The van der Waals surface area contributed by atoms with E-state index < -0.39 is 16.0 Å². The van der Waals surface area contributed by atoms with Gasteiger partial charge >= 0.3 is 5.97 Å². The predicted molar refractivity (Wildman–Crippen MR) is 87.6 cm³/mol. The van der Waals surface area contributed by atoms with Gasteiger partial charge in [0.1, 0.15) is 0 Å². The van der Waals surface area contributed by atoms with Crippen molar-refractivity contribution in [1.82, 2.24) is 5.32 Å². The number of carboxylic acid groups (broad SMARTS) is 1. The standard InChI is InChI=1S/C10H13NO4S.C5H13N/c1-2-3-7-6-8(16(11,14)15)4-5-9(7)10(12)13;1-4-6-5(2)3/h4-6H,2-3H2,1H3,(H,12,13)(H2,11,14,15);5-6H,4H2,1-3H3. The number of rotatable bonds is 6. The Hall–Kier alpha value is -1.44. The highest BCUT2D eigenvalue weighted by atomic mass is 32.2. The third-order valence-electron chi connectivity index (χ3n) is 2.77. The van der Waals surface area contributed by atoms with E-state index in [0.29, 0.717) is 18.0 Å². The Kier molecular flexibility index (Phi) is 8.93. The van der Waals surface area contributed by atoms with Crippen LogP contribution in [0.2, 0.25) is 0 Å². The van der Waals surface area contributed by atoms with Gasteiger partial charge in [0.05, 0.1) is 10.5 Å². The monoisotopic (exact) mass is 330 g/mol. The molecule has 0 unspecified atom stereocenters. The number of carboxylic acids is 1. The van der Waals surface area contributed by atoms with Gasteiger partial charge in [-0.3, -0.25) is 0 Å². The second-order valence-electron chi connectivity index (χ2n) is 5.13. The molecule has 0 radical (unpaired) electrons. The molecule has 0 saturated carbocycles. The van der Waals surface area contributed by atoms with Crippen LogP contribution in [-0.4, -0.2) is 32.1 Å². The largest absolute Gasteiger partial charge is 0.478 e. The van der Waals surface area contributed by atoms with E-state index in [1.165, 1.54) is 18.2 Å². The number of aromatic carboxylic acids is 1. The fraction of sp³-hybridized carbons (Fsp3) is 0.533. The van der Waals surface area contributed by atoms with Crippen LogP contribution >= 0.6 is 0 Å². The number of carbonyl (C=O) groups is 1. The van der Waals surface area contributed by atoms with E-state index in [1.807, 2.05) is 6.92 Å². The third kappa shape index (κ3) is 7.53. The van der Waals surface area contributed by atoms with Crippen molar-refractivity contribution in [3.05, 3.63) is 29.3 Å². The van der Waals surface area contributed by atoms with Crippen LogP contribution in [0.5, 0.6) is 0 Å². The smallest absolute Gasteiger partial charge is 0.335 e. The highest BCUT2D eigenvalue weighted by molar-refractivity contribution is 7.89. The van der Waals surface area contributed by atoms with Gasteiger partial charge in [0.25, 0.3) is 0 Å². The molecule has 0 aliphatic carbocycles. The molecule has 22 heavy (non-hydrogen) atoms. The van der Waals surface area contributed by atoms with Crippen LogP contribution in [0, 0.1) is 0 Å². The second kappa shape index (κ2) is 9.55. The third-order valence-corrected chi connectivity index (χ3v) is 3.68. The summed E-state index contributed by atoms with van der Waals surface area (Å²) in [5, 5.41) is 17.1. The number of nitrogens with one attached hydrogen (secondary N) is 1. The molecule has 0 spiro atoms. The van der Waals surface area contributed by atoms with Gasteiger partial charge in [0.15, 0.2) is 0 Å². The van der Waals surface area contributed by atoms with Crippen LogP contribution < -0.4 is 10.5 Å². The zero-order chi connectivity index (χ0) is 17.3. The van der Waals surface area contributed by atoms with Gasteiger partial charge in [0, 0.05) is 6.04 Å². The summed E-state index contributed by atoms with van der Waals surface area (Å²) in [6.07, 6.45) is 1.24. The molecular formula is C15H26N2O4S. The van der Waals surface area contributed by atoms with E-state index in [-0.39, 0.29) is 10.5 Å². The van der Waals surface area contributed by atoms with Crippen molar-refractivity contribution in [2.75, 3.05) is 6.54 Å². The average molecular weight is 330 g/mol. The summed E-state index contributed by atoms with van der Waals surface area (Å²) in [6, 6.07) is 4.45. The lowest BCUT2D eigenvalue weighted by Gasteiger charge is -2.06. The van der Waals surface area contributed by atoms with Crippen LogP contribution in [0.4, 0.5) is 0 Å². The molecule has 0 atom stereocenters. The summed E-state index contributed by atoms with van der Waals surface area (Å²) in [4.78, 5) is 10.8. The van der Waals surface area contributed by atoms with Crippen LogP contribution in [0.25, 0.3) is 0 Å². The molecule has 0 heterocycles. The maximum absolute atomic E-state index is 11.1. The van der Waals surface area contributed by atoms with Crippen LogP contribution in [0.15, 0.2) is 23.1 Å². The van der Waals surface area contributed by atoms with Crippen LogP contribution in [-0.2, 0) is 16.4 Å². The zero-order valence-corrected chi connectivity index (χ0v) is 14.4. The van der Waals surface area contributed by atoms with Crippen molar-refractivity contribution in [2.24, 2.45) is 5.14 Å². The minimum absolute atomic E-state index is 0.0547. The molecule has 1 aromatic carbocycles. The van der Waals surface area contributed by atoms with E-state index in [9.17, 15) is 13.2 Å². The lowest BCUT2D eigenvalue weighted by Crippen LogP contribution is -2.21. The van der Waals surface area contributed by atoms with E-state index in [2.05, 4.69) is 26.1 Å². The van der Waals surface area contributed by atoms with Crippen molar-refractivity contribution in [3.63, 3.8) is 0 Å². The van der Waals surface area contributed by atoms with E-state index >= 15 is 0 Å². The lowest BCUT2D eigenvalue weighted by atomic mass is 10.0. The fourth-order valence-corrected chi connectivity index (χ4v) is 2.40. The average Bonchev–Trinajstić information content (AvgIpc) is 2.38. The van der Waals surface area contributed by atoms with E-state index in [0.717, 1.165) is 13.0 Å². The number of benzene rings is 1. The van der Waals surface area contributed by atoms with Crippen LogP contribution in [0.1, 0.15) is 50.0 Å². The Morgan fingerprint density at radius 2 is 1.91 bits per heavy atom. The quantitative estimate of drug-likeness (QED) is 0.739. The summed E-state index contributed by atoms with van der Waals surface area (Å²) in [5.74, 6) is -1.07. The van der Waals surface area contributed by atoms with Crippen molar-refractivity contribution >= 4 is 16.0 Å². The van der Waals surface area contributed by atoms with Crippen molar-refractivity contribution in [3.8, 4) is 0 Å². The summed E-state index contributed by atoms with van der Waals surface area (Å²) < 4.78 is 22.2. The molecular weight excluding hydrogens is 304 g/mol. The molecule has 0 aliphatic rings. The predicted octanol–water partition coefficient (Wildman–Crippen LogP) is 1.99. The highest BCUT2D eigenvalue weighted by Gasteiger charge is 2.14. The molecule has 6 nitrogen and oxygen atoms in total. The molecule has 0 aromatic heterocycles. The molecule has 1 aromatic rings. The number of aryl methyl sites for hydroxylation is 1. The maximum atomic E-state index is 11.1. The first kappa shape index (κ1) is 20.6. The fourth-order valence-electron chi connectivity index (χ4n) is 1.84. The van der Waals surface area contributed by atoms with Crippen molar-refractivity contribution < 1.29 is 18.3 Å². The molecule has 7 heteroatoms. The van der Waals surface area contributed by atoms with Gasteiger partial charge in [-0.05, 0) is 36.7 Å². The number of hydrogen-bond donors (Lipinski definition) is 3. The van der Waals surface area contributed by atoms with Gasteiger partial charge < -0.3 is 10.4 Å². The Labute approximate surface area is 132 Å². The molecule has 0 bridgehead atoms. The summed E-state index contributed by atoms with van der Waals surface area (Å²) in [7, 11) is -3.78. The Bertz CT molecular complexity index is 583. The SMILES string of the molecule is CCCc1cc(S(N)(=O)=O)ccc1C(=O)O.CCNC(C)C. The lowest BCUT2D eigenvalue weighted by molar-refractivity contribution is 0.0695. The minimum Gasteiger partial charge on any atom is -0.478 e. The van der Waals surface area contributed by atoms with Crippen molar-refractivity contribution in [2.45, 2.75) is 51.5 Å². The molecule has 126 valence electrons. The molecule has 0 amide bonds. The maximum Gasteiger partial charge on any atom is 0.335 e. The Balaban J connectivity index is 0.000000626. The molecule has 0 aliphatic heterocycles. The first-order chi connectivity index (χ1) is 10.1. The topological polar surface area (TPSA) is 109 Å². The first-order valence-electron chi connectivity index (χ1n) is 7.25. The van der Waals surface area contributed by atoms with Gasteiger partial charge in [-0.1, -0.05) is 34.1 Å². The van der Waals surface area contributed by atoms with Gasteiger partial charge in [0.2, 0.25) is 10.0 Å². The summed E-state index contributed by atoms with van der Waals surface area (Å²) in [5.41, 5.74) is 0.607. The first-order valence-corrected chi connectivity index (χ1v) is 8.80. The van der Waals surface area contributed by atoms with E-state index in [1.54, 1.807) is 0 Å². The number of sulfonamides is 1. The van der Waals surface area contributed by atoms with Gasteiger partial charge in [-0.15, -0.1) is 0 Å². The summed E-state index contributed by atoms with van der Waals surface area (Å²) in [6.45, 7) is 9.36. The molecule has 4 N–H and O–H groups in total. The van der Waals surface area contributed by atoms with Crippen LogP contribution in [0.3, 0.4) is 0 Å². The number of nitrogens with two attached hydrogens (primary N) is 1. The van der Waals surface area contributed by atoms with Gasteiger partial charge in [-0.2, -0.15) is 0 Å². The Morgan fingerprint density at radius 3 is 2.23 bits per heavy atom. The van der Waals surface area contributed by atoms with E-state index in [4.69, 9.17) is 10.2 Å². The normalized spacial score (nSPS) is 11.0. The number of primary sulfonamides is 1. The highest BCUT2D eigenvalue weighted by Crippen LogP contribution is 2.17. The minimum atomic E-state index is -3.78. The summed E-state index contributed by atoms with van der Waals surface area (Å²) >= 11 is 0. The van der Waals surface area contributed by atoms with Gasteiger partial charge in [-0.25, -0.2) is 18.4 Å².